The van der Waals surface area contributed by atoms with Crippen LogP contribution in [-0.4, -0.2) is 38.1 Å². The smallest absolute Gasteiger partial charge is 0.354 e. The number of aromatic nitrogens is 1. The lowest BCUT2D eigenvalue weighted by Crippen LogP contribution is -2.18. The molecule has 1 heterocycles. The molecule has 0 aliphatic rings. The summed E-state index contributed by atoms with van der Waals surface area (Å²) in [6, 6.07) is 13.2. The number of hydrogen-bond acceptors (Lipinski definition) is 6. The van der Waals surface area contributed by atoms with E-state index < -0.39 is 22.0 Å². The second kappa shape index (κ2) is 9.89. The molecular weight excluding hydrogens is 456 g/mol. The van der Waals surface area contributed by atoms with Crippen molar-refractivity contribution in [2.75, 3.05) is 17.9 Å². The minimum atomic E-state index is -3.82. The molecule has 0 radical (unpaired) electrons. The number of fused-ring (bicyclic) bond motifs is 1. The van der Waals surface area contributed by atoms with E-state index in [0.29, 0.717) is 16.6 Å². The van der Waals surface area contributed by atoms with Crippen molar-refractivity contribution in [2.24, 2.45) is 0 Å². The summed E-state index contributed by atoms with van der Waals surface area (Å²) in [4.78, 5) is 24.7. The summed E-state index contributed by atoms with van der Waals surface area (Å²) in [5, 5.41) is 0.579. The van der Waals surface area contributed by atoms with Gasteiger partial charge in [0.05, 0.1) is 18.1 Å². The number of benzene rings is 2. The highest BCUT2D eigenvalue weighted by atomic mass is 32.2. The molecule has 0 bridgehead atoms. The van der Waals surface area contributed by atoms with Crippen molar-refractivity contribution in [3.8, 4) is 0 Å². The van der Waals surface area contributed by atoms with E-state index in [1.165, 1.54) is 4.57 Å². The van der Waals surface area contributed by atoms with Gasteiger partial charge in [-0.1, -0.05) is 32.9 Å². The lowest BCUT2D eigenvalue weighted by molar-refractivity contribution is -0.143. The lowest BCUT2D eigenvalue weighted by Gasteiger charge is -2.19. The Morgan fingerprint density at radius 3 is 2.18 bits per heavy atom. The van der Waals surface area contributed by atoms with Crippen molar-refractivity contribution in [1.82, 2.24) is 4.57 Å². The Kier molecular flexibility index (Phi) is 7.35. The summed E-state index contributed by atoms with van der Waals surface area (Å²) in [5.41, 5.74) is 2.03. The largest absolute Gasteiger partial charge is 0.465 e. The molecule has 9 heteroatoms. The van der Waals surface area contributed by atoms with Gasteiger partial charge in [-0.05, 0) is 61.2 Å². The zero-order valence-corrected chi connectivity index (χ0v) is 20.9. The molecule has 3 aromatic rings. The maximum Gasteiger partial charge on any atom is 0.354 e. The fourth-order valence-electron chi connectivity index (χ4n) is 3.56. The van der Waals surface area contributed by atoms with E-state index in [1.54, 1.807) is 62.4 Å². The molecule has 0 atom stereocenters. The van der Waals surface area contributed by atoms with Gasteiger partial charge in [0.2, 0.25) is 0 Å². The van der Waals surface area contributed by atoms with E-state index >= 15 is 0 Å². The number of sulfonamides is 1. The van der Waals surface area contributed by atoms with Crippen LogP contribution >= 0.6 is 0 Å². The third-order valence-corrected chi connectivity index (χ3v) is 6.66. The van der Waals surface area contributed by atoms with Crippen LogP contribution in [0.3, 0.4) is 0 Å². The van der Waals surface area contributed by atoms with Crippen molar-refractivity contribution >= 4 is 38.6 Å². The molecule has 8 nitrogen and oxygen atoms in total. The first-order chi connectivity index (χ1) is 16.0. The van der Waals surface area contributed by atoms with Gasteiger partial charge in [0.1, 0.15) is 12.2 Å². The quantitative estimate of drug-likeness (QED) is 0.471. The van der Waals surface area contributed by atoms with Crippen LogP contribution in [0.4, 0.5) is 5.69 Å². The SMILES string of the molecule is CCOC(=O)Cn1c(C(=O)OCC)cc2cc(NS(=O)(=O)c3ccc(C(C)(C)C)cc3)ccc21. The monoisotopic (exact) mass is 486 g/mol. The van der Waals surface area contributed by atoms with Crippen LogP contribution in [0.1, 0.15) is 50.7 Å². The van der Waals surface area contributed by atoms with Crippen molar-refractivity contribution < 1.29 is 27.5 Å². The predicted molar refractivity (Wildman–Crippen MR) is 130 cm³/mol. The van der Waals surface area contributed by atoms with Crippen LogP contribution in [0.15, 0.2) is 53.4 Å². The summed E-state index contributed by atoms with van der Waals surface area (Å²) in [5.74, 6) is -1.07. The van der Waals surface area contributed by atoms with Gasteiger partial charge in [0, 0.05) is 16.6 Å². The highest BCUT2D eigenvalue weighted by molar-refractivity contribution is 7.92. The maximum atomic E-state index is 12.9. The van der Waals surface area contributed by atoms with Crippen LogP contribution in [0.25, 0.3) is 10.9 Å². The predicted octanol–water partition coefficient (Wildman–Crippen LogP) is 4.48. The van der Waals surface area contributed by atoms with E-state index in [0.717, 1.165) is 5.56 Å². The Morgan fingerprint density at radius 1 is 0.941 bits per heavy atom. The van der Waals surface area contributed by atoms with E-state index in [-0.39, 0.29) is 35.8 Å². The average molecular weight is 487 g/mol. The molecule has 182 valence electrons. The van der Waals surface area contributed by atoms with Crippen molar-refractivity contribution in [2.45, 2.75) is 51.5 Å². The molecule has 0 saturated carbocycles. The van der Waals surface area contributed by atoms with Gasteiger partial charge >= 0.3 is 11.9 Å². The molecule has 1 aromatic heterocycles. The Hall–Kier alpha value is -3.33. The van der Waals surface area contributed by atoms with Gasteiger partial charge in [-0.2, -0.15) is 0 Å². The van der Waals surface area contributed by atoms with Crippen molar-refractivity contribution in [1.29, 1.82) is 0 Å². The summed E-state index contributed by atoms with van der Waals surface area (Å²) < 4.78 is 40.1. The number of carbonyl (C=O) groups excluding carboxylic acids is 2. The Balaban J connectivity index is 1.95. The second-order valence-electron chi connectivity index (χ2n) is 8.79. The standard InChI is InChI=1S/C25H30N2O6S/c1-6-32-23(28)16-27-21-13-10-19(14-17(21)15-22(27)24(29)33-7-2)26-34(30,31)20-11-8-18(9-12-20)25(3,4)5/h8-15,26H,6-7,16H2,1-5H3. The lowest BCUT2D eigenvalue weighted by atomic mass is 9.87. The van der Waals surface area contributed by atoms with Crippen molar-refractivity contribution in [3.63, 3.8) is 0 Å². The van der Waals surface area contributed by atoms with Gasteiger partial charge in [0.25, 0.3) is 10.0 Å². The highest BCUT2D eigenvalue weighted by Crippen LogP contribution is 2.27. The van der Waals surface area contributed by atoms with Gasteiger partial charge in [-0.25, -0.2) is 13.2 Å². The Labute approximate surface area is 199 Å². The third-order valence-electron chi connectivity index (χ3n) is 5.26. The first kappa shape index (κ1) is 25.3. The summed E-state index contributed by atoms with van der Waals surface area (Å²) >= 11 is 0. The van der Waals surface area contributed by atoms with E-state index in [4.69, 9.17) is 9.47 Å². The average Bonchev–Trinajstić information content (AvgIpc) is 3.11. The topological polar surface area (TPSA) is 104 Å². The molecule has 34 heavy (non-hydrogen) atoms. The van der Waals surface area contributed by atoms with E-state index in [1.807, 2.05) is 0 Å². The molecule has 0 unspecified atom stereocenters. The first-order valence-corrected chi connectivity index (χ1v) is 12.5. The molecule has 0 saturated heterocycles. The molecule has 0 spiro atoms. The number of nitrogens with one attached hydrogen (secondary N) is 1. The number of ether oxygens (including phenoxy) is 2. The number of nitrogens with zero attached hydrogens (tertiary/aromatic N) is 1. The van der Waals surface area contributed by atoms with Crippen LogP contribution in [0.2, 0.25) is 0 Å². The van der Waals surface area contributed by atoms with Gasteiger partial charge in [-0.3, -0.25) is 9.52 Å². The number of carbonyl (C=O) groups is 2. The zero-order chi connectivity index (χ0) is 25.1. The number of esters is 2. The van der Waals surface area contributed by atoms with Crippen LogP contribution < -0.4 is 4.72 Å². The van der Waals surface area contributed by atoms with E-state index in [9.17, 15) is 18.0 Å². The number of hydrogen-bond donors (Lipinski definition) is 1. The highest BCUT2D eigenvalue weighted by Gasteiger charge is 2.21. The molecule has 1 N–H and O–H groups in total. The normalized spacial score (nSPS) is 11.9. The number of rotatable bonds is 8. The third kappa shape index (κ3) is 5.59. The summed E-state index contributed by atoms with van der Waals surface area (Å²) in [6.45, 7) is 9.79. The van der Waals surface area contributed by atoms with Crippen LogP contribution in [0.5, 0.6) is 0 Å². The number of anilines is 1. The summed E-state index contributed by atoms with van der Waals surface area (Å²) in [6.07, 6.45) is 0. The molecule has 2 aromatic carbocycles. The minimum Gasteiger partial charge on any atom is -0.465 e. The molecule has 0 fully saturated rings. The minimum absolute atomic E-state index is 0.0892. The maximum absolute atomic E-state index is 12.9. The van der Waals surface area contributed by atoms with Crippen molar-refractivity contribution in [3.05, 3.63) is 59.8 Å². The van der Waals surface area contributed by atoms with Crippen LogP contribution in [-0.2, 0) is 36.3 Å². The molecule has 0 amide bonds. The summed E-state index contributed by atoms with van der Waals surface area (Å²) in [7, 11) is -3.82. The van der Waals surface area contributed by atoms with Gasteiger partial charge in [0.15, 0.2) is 0 Å². The fourth-order valence-corrected chi connectivity index (χ4v) is 4.61. The van der Waals surface area contributed by atoms with Gasteiger partial charge in [-0.15, -0.1) is 0 Å². The Bertz CT molecular complexity index is 1300. The molecule has 0 aliphatic carbocycles. The molecular formula is C25H30N2O6S. The van der Waals surface area contributed by atoms with Gasteiger partial charge < -0.3 is 14.0 Å². The second-order valence-corrected chi connectivity index (χ2v) is 10.5. The van der Waals surface area contributed by atoms with E-state index in [2.05, 4.69) is 25.5 Å². The Morgan fingerprint density at radius 2 is 1.59 bits per heavy atom. The zero-order valence-electron chi connectivity index (χ0n) is 20.0. The molecule has 3 rings (SSSR count). The molecule has 0 aliphatic heterocycles. The fraction of sp³-hybridized carbons (Fsp3) is 0.360. The van der Waals surface area contributed by atoms with Crippen LogP contribution in [0, 0.1) is 0 Å². The first-order valence-electron chi connectivity index (χ1n) is 11.1.